The molecule has 0 unspecified atom stereocenters. The average Bonchev–Trinajstić information content (AvgIpc) is 2.88. The lowest BCUT2D eigenvalue weighted by Gasteiger charge is -2.21. The van der Waals surface area contributed by atoms with E-state index in [1.807, 2.05) is 0 Å². The van der Waals surface area contributed by atoms with Crippen molar-refractivity contribution in [2.75, 3.05) is 6.54 Å². The summed E-state index contributed by atoms with van der Waals surface area (Å²) < 4.78 is 13.2. The van der Waals surface area contributed by atoms with Crippen LogP contribution in [0.3, 0.4) is 0 Å². The van der Waals surface area contributed by atoms with Crippen molar-refractivity contribution in [3.05, 3.63) is 40.0 Å². The second-order valence-corrected chi connectivity index (χ2v) is 4.20. The number of carbonyl (C=O) groups is 2. The lowest BCUT2D eigenvalue weighted by molar-refractivity contribution is -0.111. The number of hydrogen-bond donors (Lipinski definition) is 0. The van der Waals surface area contributed by atoms with Gasteiger partial charge in [0.05, 0.1) is 17.3 Å². The number of carbonyl (C=O) groups excluding carboxylic acids is 2. The molecule has 1 aliphatic heterocycles. The van der Waals surface area contributed by atoms with Crippen molar-refractivity contribution in [3.8, 4) is 0 Å². The highest BCUT2D eigenvalue weighted by Crippen LogP contribution is 2.25. The first-order valence-corrected chi connectivity index (χ1v) is 5.78. The van der Waals surface area contributed by atoms with Gasteiger partial charge in [-0.3, -0.25) is 4.79 Å². The molecule has 1 heterocycles. The summed E-state index contributed by atoms with van der Waals surface area (Å²) in [5, 5.41) is 3.37. The number of rotatable bonds is 3. The van der Waals surface area contributed by atoms with Gasteiger partial charge in [-0.05, 0) is 36.6 Å². The van der Waals surface area contributed by atoms with Crippen molar-refractivity contribution >= 4 is 17.9 Å². The normalized spacial score (nSPS) is 17.9. The van der Waals surface area contributed by atoms with Gasteiger partial charge in [-0.1, -0.05) is 5.11 Å². The minimum atomic E-state index is -0.595. The zero-order valence-corrected chi connectivity index (χ0v) is 9.99. The van der Waals surface area contributed by atoms with Crippen LogP contribution in [0.4, 0.5) is 10.1 Å². The summed E-state index contributed by atoms with van der Waals surface area (Å²) in [5.41, 5.74) is 8.48. The van der Waals surface area contributed by atoms with Crippen molar-refractivity contribution in [2.45, 2.75) is 18.9 Å². The van der Waals surface area contributed by atoms with Gasteiger partial charge in [-0.2, -0.15) is 0 Å². The average molecular weight is 262 g/mol. The molecule has 2 rings (SSSR count). The molecule has 0 spiro atoms. The Labute approximate surface area is 108 Å². The smallest absolute Gasteiger partial charge is 0.255 e. The van der Waals surface area contributed by atoms with Gasteiger partial charge >= 0.3 is 0 Å². The lowest BCUT2D eigenvalue weighted by atomic mass is 10.1. The van der Waals surface area contributed by atoms with Crippen LogP contribution in [0.1, 0.15) is 23.2 Å². The fourth-order valence-electron chi connectivity index (χ4n) is 2.16. The number of hydrogen-bond acceptors (Lipinski definition) is 3. The summed E-state index contributed by atoms with van der Waals surface area (Å²) in [5.74, 6) is -1.08. The monoisotopic (exact) mass is 262 g/mol. The molecule has 1 aliphatic rings. The van der Waals surface area contributed by atoms with Gasteiger partial charge in [-0.25, -0.2) is 4.39 Å². The van der Waals surface area contributed by atoms with Crippen molar-refractivity contribution < 1.29 is 14.0 Å². The third-order valence-electron chi connectivity index (χ3n) is 3.06. The molecule has 1 atom stereocenters. The molecule has 98 valence electrons. The fourth-order valence-corrected chi connectivity index (χ4v) is 2.16. The molecule has 0 bridgehead atoms. The van der Waals surface area contributed by atoms with E-state index in [0.717, 1.165) is 18.6 Å². The van der Waals surface area contributed by atoms with Gasteiger partial charge in [0.2, 0.25) is 0 Å². The first kappa shape index (κ1) is 13.0. The summed E-state index contributed by atoms with van der Waals surface area (Å²) >= 11 is 0. The van der Waals surface area contributed by atoms with Gasteiger partial charge in [0.15, 0.2) is 0 Å². The molecule has 0 saturated carbocycles. The van der Waals surface area contributed by atoms with Gasteiger partial charge < -0.3 is 9.69 Å². The predicted molar refractivity (Wildman–Crippen MR) is 65.3 cm³/mol. The molecule has 0 aromatic heterocycles. The molecule has 19 heavy (non-hydrogen) atoms. The molecule has 1 amide bonds. The number of amides is 1. The van der Waals surface area contributed by atoms with Crippen LogP contribution in [0.5, 0.6) is 0 Å². The topological polar surface area (TPSA) is 86.1 Å². The largest absolute Gasteiger partial charge is 0.329 e. The predicted octanol–water partition coefficient (Wildman–Crippen LogP) is 2.57. The van der Waals surface area contributed by atoms with Crippen LogP contribution in [0.2, 0.25) is 0 Å². The number of aldehydes is 1. The van der Waals surface area contributed by atoms with Crippen LogP contribution < -0.4 is 0 Å². The highest BCUT2D eigenvalue weighted by molar-refractivity contribution is 6.00. The lowest BCUT2D eigenvalue weighted by Crippen LogP contribution is -2.36. The Morgan fingerprint density at radius 3 is 3.05 bits per heavy atom. The summed E-state index contributed by atoms with van der Waals surface area (Å²) in [6, 6.07) is 2.89. The highest BCUT2D eigenvalue weighted by Gasteiger charge is 2.30. The molecule has 1 saturated heterocycles. The maximum Gasteiger partial charge on any atom is 0.255 e. The molecule has 7 heteroatoms. The van der Waals surface area contributed by atoms with Crippen molar-refractivity contribution in [3.63, 3.8) is 0 Å². The van der Waals surface area contributed by atoms with E-state index in [1.165, 1.54) is 11.0 Å². The quantitative estimate of drug-likeness (QED) is 0.363. The van der Waals surface area contributed by atoms with E-state index in [2.05, 4.69) is 10.0 Å². The van der Waals surface area contributed by atoms with Crippen LogP contribution in [0, 0.1) is 5.82 Å². The van der Waals surface area contributed by atoms with E-state index in [4.69, 9.17) is 5.53 Å². The standard InChI is InChI=1S/C12H11FN4O2/c13-8-3-4-11(15-16-14)10(6-8)12(19)17-5-1-2-9(17)7-18/h3-4,6-7,9H,1-2,5H2/t9-/m0/s1. The van der Waals surface area contributed by atoms with Gasteiger partial charge in [-0.15, -0.1) is 0 Å². The molecule has 1 fully saturated rings. The second-order valence-electron chi connectivity index (χ2n) is 4.20. The molecule has 1 aromatic carbocycles. The Kier molecular flexibility index (Phi) is 3.77. The van der Waals surface area contributed by atoms with E-state index < -0.39 is 17.8 Å². The van der Waals surface area contributed by atoms with Gasteiger partial charge in [0.25, 0.3) is 5.91 Å². The summed E-state index contributed by atoms with van der Waals surface area (Å²) in [4.78, 5) is 27.1. The van der Waals surface area contributed by atoms with Crippen LogP contribution >= 0.6 is 0 Å². The van der Waals surface area contributed by atoms with E-state index in [1.54, 1.807) is 0 Å². The van der Waals surface area contributed by atoms with Gasteiger partial charge in [0, 0.05) is 11.5 Å². The third-order valence-corrected chi connectivity index (χ3v) is 3.06. The van der Waals surface area contributed by atoms with Crippen molar-refractivity contribution in [1.29, 1.82) is 0 Å². The van der Waals surface area contributed by atoms with Crippen molar-refractivity contribution in [1.82, 2.24) is 4.90 Å². The van der Waals surface area contributed by atoms with Crippen LogP contribution in [0.15, 0.2) is 23.3 Å². The maximum absolute atomic E-state index is 13.2. The van der Waals surface area contributed by atoms with E-state index in [0.29, 0.717) is 19.3 Å². The molecular weight excluding hydrogens is 251 g/mol. The Morgan fingerprint density at radius 1 is 1.58 bits per heavy atom. The second kappa shape index (κ2) is 5.49. The van der Waals surface area contributed by atoms with E-state index >= 15 is 0 Å². The SMILES string of the molecule is [N-]=[N+]=Nc1ccc(F)cc1C(=O)N1CCC[C@H]1C=O. The van der Waals surface area contributed by atoms with Crippen LogP contribution in [0.25, 0.3) is 10.4 Å². The summed E-state index contributed by atoms with van der Waals surface area (Å²) in [6.45, 7) is 0.439. The molecule has 1 aromatic rings. The Morgan fingerprint density at radius 2 is 2.37 bits per heavy atom. The first-order chi connectivity index (χ1) is 9.17. The number of azide groups is 1. The van der Waals surface area contributed by atoms with E-state index in [9.17, 15) is 14.0 Å². The summed E-state index contributed by atoms with van der Waals surface area (Å²) in [6.07, 6.45) is 2.03. The first-order valence-electron chi connectivity index (χ1n) is 5.78. The Hall–Kier alpha value is -2.40. The zero-order valence-electron chi connectivity index (χ0n) is 9.99. The molecular formula is C12H11FN4O2. The van der Waals surface area contributed by atoms with Crippen molar-refractivity contribution in [2.24, 2.45) is 5.11 Å². The minimum Gasteiger partial charge on any atom is -0.329 e. The maximum atomic E-state index is 13.2. The molecule has 6 nitrogen and oxygen atoms in total. The van der Waals surface area contributed by atoms with Crippen LogP contribution in [-0.2, 0) is 4.79 Å². The van der Waals surface area contributed by atoms with E-state index in [-0.39, 0.29) is 11.3 Å². The Balaban J connectivity index is 2.40. The molecule has 0 radical (unpaired) electrons. The zero-order chi connectivity index (χ0) is 13.8. The number of likely N-dealkylation sites (tertiary alicyclic amines) is 1. The van der Waals surface area contributed by atoms with Gasteiger partial charge in [0.1, 0.15) is 12.1 Å². The third kappa shape index (κ3) is 2.56. The Bertz CT molecular complexity index is 569. The number of nitrogens with zero attached hydrogens (tertiary/aromatic N) is 4. The molecule has 0 N–H and O–H groups in total. The molecule has 0 aliphatic carbocycles. The van der Waals surface area contributed by atoms with Crippen LogP contribution in [-0.4, -0.2) is 29.7 Å². The number of benzene rings is 1. The highest BCUT2D eigenvalue weighted by atomic mass is 19.1. The number of halogens is 1. The summed E-state index contributed by atoms with van der Waals surface area (Å²) in [7, 11) is 0. The minimum absolute atomic E-state index is 0.0217. The fraction of sp³-hybridized carbons (Fsp3) is 0.333.